The minimum absolute atomic E-state index is 0.160. The third-order valence-electron chi connectivity index (χ3n) is 3.25. The summed E-state index contributed by atoms with van der Waals surface area (Å²) in [5.74, 6) is -0.990. The average Bonchev–Trinajstić information content (AvgIpc) is 2.48. The number of carbonyl (C=O) groups is 1. The van der Waals surface area contributed by atoms with E-state index >= 15 is 0 Å². The molecule has 0 unspecified atom stereocenters. The van der Waals surface area contributed by atoms with E-state index in [0.29, 0.717) is 12.2 Å². The number of rotatable bonds is 7. The van der Waals surface area contributed by atoms with Crippen molar-refractivity contribution in [1.82, 2.24) is 20.2 Å². The van der Waals surface area contributed by atoms with Crippen molar-refractivity contribution in [3.05, 3.63) is 23.8 Å². The quantitative estimate of drug-likeness (QED) is 0.679. The van der Waals surface area contributed by atoms with Gasteiger partial charge in [0.25, 0.3) is 0 Å². The molecule has 1 aliphatic heterocycles. The highest BCUT2D eigenvalue weighted by Crippen LogP contribution is 2.03. The number of carboxylic acid groups (broad SMARTS) is 1. The maximum atomic E-state index is 11.0. The fourth-order valence-electron chi connectivity index (χ4n) is 2.13. The van der Waals surface area contributed by atoms with Crippen molar-refractivity contribution in [3.63, 3.8) is 0 Å². The number of hydrogen-bond donors (Lipinski definition) is 2. The molecular weight excluding hydrogens is 260 g/mol. The Bertz CT molecular complexity index is 435. The van der Waals surface area contributed by atoms with Gasteiger partial charge in [0.15, 0.2) is 0 Å². The monoisotopic (exact) mass is 280 g/mol. The Morgan fingerprint density at radius 2 is 2.25 bits per heavy atom. The summed E-state index contributed by atoms with van der Waals surface area (Å²) in [4.78, 5) is 21.1. The second-order valence-corrected chi connectivity index (χ2v) is 4.67. The van der Waals surface area contributed by atoms with Crippen LogP contribution in [0.4, 0.5) is 0 Å². The first-order valence-electron chi connectivity index (χ1n) is 6.80. The topological polar surface area (TPSA) is 87.6 Å². The van der Waals surface area contributed by atoms with Crippen LogP contribution in [-0.2, 0) is 11.3 Å². The van der Waals surface area contributed by atoms with Crippen LogP contribution in [0.5, 0.6) is 0 Å². The van der Waals surface area contributed by atoms with Crippen LogP contribution in [0.1, 0.15) is 22.5 Å². The Morgan fingerprint density at radius 3 is 3.00 bits per heavy atom. The standard InChI is InChI=1S/C13H20N4O3/c18-13(19)11-8-15-10-16-12(11)9-14-2-1-3-17-4-6-20-7-5-17/h8,10,14H,1-7,9H2,(H,18,19). The molecule has 0 aliphatic carbocycles. The molecular formula is C13H20N4O3. The van der Waals surface area contributed by atoms with E-state index < -0.39 is 5.97 Å². The van der Waals surface area contributed by atoms with E-state index in [-0.39, 0.29) is 5.56 Å². The van der Waals surface area contributed by atoms with Crippen molar-refractivity contribution in [2.45, 2.75) is 13.0 Å². The first-order valence-corrected chi connectivity index (χ1v) is 6.80. The summed E-state index contributed by atoms with van der Waals surface area (Å²) in [6.45, 7) is 5.94. The second kappa shape index (κ2) is 7.88. The minimum atomic E-state index is -0.990. The van der Waals surface area contributed by atoms with Crippen LogP contribution in [0.15, 0.2) is 12.5 Å². The van der Waals surface area contributed by atoms with Crippen LogP contribution in [0.25, 0.3) is 0 Å². The van der Waals surface area contributed by atoms with Gasteiger partial charge in [-0.25, -0.2) is 14.8 Å². The van der Waals surface area contributed by atoms with Gasteiger partial charge in [-0.3, -0.25) is 4.90 Å². The van der Waals surface area contributed by atoms with Gasteiger partial charge < -0.3 is 15.2 Å². The van der Waals surface area contributed by atoms with E-state index in [2.05, 4.69) is 20.2 Å². The predicted octanol–water partition coefficient (Wildman–Crippen LogP) is -0.0133. The molecule has 2 N–H and O–H groups in total. The van der Waals surface area contributed by atoms with Gasteiger partial charge in [-0.2, -0.15) is 0 Å². The van der Waals surface area contributed by atoms with Crippen LogP contribution in [0.3, 0.4) is 0 Å². The molecule has 7 heteroatoms. The number of ether oxygens (including phenoxy) is 1. The summed E-state index contributed by atoms with van der Waals surface area (Å²) in [5, 5.41) is 12.2. The number of carboxylic acids is 1. The maximum absolute atomic E-state index is 11.0. The zero-order valence-corrected chi connectivity index (χ0v) is 11.4. The number of morpholine rings is 1. The van der Waals surface area contributed by atoms with E-state index in [1.165, 1.54) is 12.5 Å². The van der Waals surface area contributed by atoms with E-state index in [1.807, 2.05) is 0 Å². The summed E-state index contributed by atoms with van der Waals surface area (Å²) in [6.07, 6.45) is 3.73. The van der Waals surface area contributed by atoms with Crippen LogP contribution >= 0.6 is 0 Å². The van der Waals surface area contributed by atoms with Gasteiger partial charge in [0.1, 0.15) is 11.9 Å². The molecule has 1 fully saturated rings. The fourth-order valence-corrected chi connectivity index (χ4v) is 2.13. The molecule has 0 spiro atoms. The fraction of sp³-hybridized carbons (Fsp3) is 0.615. The number of hydrogen-bond acceptors (Lipinski definition) is 6. The Hall–Kier alpha value is -1.57. The molecule has 1 aromatic heterocycles. The van der Waals surface area contributed by atoms with E-state index in [4.69, 9.17) is 9.84 Å². The van der Waals surface area contributed by atoms with Crippen molar-refractivity contribution in [1.29, 1.82) is 0 Å². The summed E-state index contributed by atoms with van der Waals surface area (Å²) in [7, 11) is 0. The van der Waals surface area contributed by atoms with Gasteiger partial charge in [-0.15, -0.1) is 0 Å². The molecule has 0 aromatic carbocycles. The minimum Gasteiger partial charge on any atom is -0.478 e. The van der Waals surface area contributed by atoms with Crippen molar-refractivity contribution >= 4 is 5.97 Å². The number of aromatic nitrogens is 2. The highest BCUT2D eigenvalue weighted by molar-refractivity contribution is 5.88. The molecule has 2 heterocycles. The second-order valence-electron chi connectivity index (χ2n) is 4.67. The van der Waals surface area contributed by atoms with Crippen molar-refractivity contribution < 1.29 is 14.6 Å². The number of nitrogens with one attached hydrogen (secondary N) is 1. The van der Waals surface area contributed by atoms with Crippen molar-refractivity contribution in [2.24, 2.45) is 0 Å². The third kappa shape index (κ3) is 4.52. The molecule has 0 radical (unpaired) electrons. The molecule has 2 rings (SSSR count). The zero-order valence-electron chi connectivity index (χ0n) is 11.4. The molecule has 110 valence electrons. The molecule has 0 amide bonds. The van der Waals surface area contributed by atoms with Crippen molar-refractivity contribution in [2.75, 3.05) is 39.4 Å². The van der Waals surface area contributed by atoms with Gasteiger partial charge in [0.05, 0.1) is 18.9 Å². The van der Waals surface area contributed by atoms with E-state index in [1.54, 1.807) is 0 Å². The molecule has 0 bridgehead atoms. The Morgan fingerprint density at radius 1 is 1.45 bits per heavy atom. The van der Waals surface area contributed by atoms with E-state index in [9.17, 15) is 4.79 Å². The van der Waals surface area contributed by atoms with E-state index in [0.717, 1.165) is 45.8 Å². The lowest BCUT2D eigenvalue weighted by molar-refractivity contribution is 0.0374. The average molecular weight is 280 g/mol. The highest BCUT2D eigenvalue weighted by Gasteiger charge is 2.11. The van der Waals surface area contributed by atoms with Gasteiger partial charge in [-0.1, -0.05) is 0 Å². The summed E-state index contributed by atoms with van der Waals surface area (Å²) in [6, 6.07) is 0. The predicted molar refractivity (Wildman–Crippen MR) is 72.6 cm³/mol. The Labute approximate surface area is 118 Å². The van der Waals surface area contributed by atoms with Gasteiger partial charge >= 0.3 is 5.97 Å². The summed E-state index contributed by atoms with van der Waals surface area (Å²) in [5.41, 5.74) is 0.687. The lowest BCUT2D eigenvalue weighted by Crippen LogP contribution is -2.37. The summed E-state index contributed by atoms with van der Waals surface area (Å²) < 4.78 is 5.29. The molecule has 20 heavy (non-hydrogen) atoms. The molecule has 1 aromatic rings. The first kappa shape index (κ1) is 14.8. The van der Waals surface area contributed by atoms with Gasteiger partial charge in [0.2, 0.25) is 0 Å². The lowest BCUT2D eigenvalue weighted by atomic mass is 10.2. The normalized spacial score (nSPS) is 16.2. The molecule has 7 nitrogen and oxygen atoms in total. The van der Waals surface area contributed by atoms with Gasteiger partial charge in [0, 0.05) is 25.8 Å². The van der Waals surface area contributed by atoms with Crippen LogP contribution in [-0.4, -0.2) is 65.3 Å². The largest absolute Gasteiger partial charge is 0.478 e. The zero-order chi connectivity index (χ0) is 14.2. The number of aromatic carboxylic acids is 1. The van der Waals surface area contributed by atoms with Crippen LogP contribution in [0, 0.1) is 0 Å². The van der Waals surface area contributed by atoms with Crippen molar-refractivity contribution in [3.8, 4) is 0 Å². The molecule has 1 saturated heterocycles. The Kier molecular flexibility index (Phi) is 5.85. The molecule has 0 atom stereocenters. The molecule has 1 aliphatic rings. The third-order valence-corrected chi connectivity index (χ3v) is 3.25. The lowest BCUT2D eigenvalue weighted by Gasteiger charge is -2.26. The summed E-state index contributed by atoms with van der Waals surface area (Å²) >= 11 is 0. The smallest absolute Gasteiger partial charge is 0.339 e. The Balaban J connectivity index is 1.67. The molecule has 0 saturated carbocycles. The van der Waals surface area contributed by atoms with Crippen LogP contribution in [0.2, 0.25) is 0 Å². The SMILES string of the molecule is O=C(O)c1cncnc1CNCCCN1CCOCC1. The maximum Gasteiger partial charge on any atom is 0.339 e. The van der Waals surface area contributed by atoms with Crippen LogP contribution < -0.4 is 5.32 Å². The number of nitrogens with zero attached hydrogens (tertiary/aromatic N) is 3. The van der Waals surface area contributed by atoms with Gasteiger partial charge in [-0.05, 0) is 19.5 Å². The first-order chi connectivity index (χ1) is 9.77. The highest BCUT2D eigenvalue weighted by atomic mass is 16.5.